The number of nitrogens with one attached hydrogen (secondary N) is 2. The van der Waals surface area contributed by atoms with Gasteiger partial charge >= 0.3 is 0 Å². The molecular formula is C28H39ClN6S. The number of aromatic nitrogens is 2. The van der Waals surface area contributed by atoms with E-state index in [-0.39, 0.29) is 5.41 Å². The third-order valence-electron chi connectivity index (χ3n) is 8.14. The van der Waals surface area contributed by atoms with E-state index in [9.17, 15) is 0 Å². The summed E-state index contributed by atoms with van der Waals surface area (Å²) in [5, 5.41) is 8.25. The van der Waals surface area contributed by atoms with Crippen molar-refractivity contribution in [1.29, 1.82) is 0 Å². The molecule has 8 heteroatoms. The van der Waals surface area contributed by atoms with Crippen LogP contribution in [0.15, 0.2) is 30.3 Å². The first-order valence-electron chi connectivity index (χ1n) is 13.8. The Morgan fingerprint density at radius 2 is 1.33 bits per heavy atom. The van der Waals surface area contributed by atoms with Crippen molar-refractivity contribution in [3.63, 3.8) is 0 Å². The lowest BCUT2D eigenvalue weighted by Gasteiger charge is -2.38. The Hall–Kier alpha value is -2.12. The standard InChI is InChI=1S/C28H39ClN6S/c29-23-12-10-22(11-13-23)28(14-4-3-5-15-28)21-30-27(36)33-26-31-24(34-16-6-1-2-7-17-34)20-25(32-26)35-18-8-9-19-35/h10-13,20H,1-9,14-19,21H2,(H2,30,31,32,33,36). The molecule has 3 heterocycles. The van der Waals surface area contributed by atoms with Crippen LogP contribution in [0, 0.1) is 0 Å². The van der Waals surface area contributed by atoms with Gasteiger partial charge in [0.25, 0.3) is 0 Å². The zero-order chi connectivity index (χ0) is 24.8. The molecule has 0 radical (unpaired) electrons. The maximum absolute atomic E-state index is 6.18. The number of hydrogen-bond donors (Lipinski definition) is 2. The maximum atomic E-state index is 6.18. The molecule has 3 aliphatic rings. The van der Waals surface area contributed by atoms with E-state index in [1.807, 2.05) is 12.1 Å². The smallest absolute Gasteiger partial charge is 0.232 e. The lowest BCUT2D eigenvalue weighted by Crippen LogP contribution is -2.43. The molecule has 36 heavy (non-hydrogen) atoms. The lowest BCUT2D eigenvalue weighted by atomic mass is 9.69. The number of rotatable bonds is 6. The van der Waals surface area contributed by atoms with Crippen LogP contribution < -0.4 is 20.4 Å². The fraction of sp³-hybridized carbons (Fsp3) is 0.607. The van der Waals surface area contributed by atoms with Crippen LogP contribution in [-0.4, -0.2) is 47.8 Å². The van der Waals surface area contributed by atoms with E-state index in [1.54, 1.807) is 0 Å². The summed E-state index contributed by atoms with van der Waals surface area (Å²) in [5.41, 5.74) is 1.42. The molecule has 2 saturated heterocycles. The molecule has 0 bridgehead atoms. The zero-order valence-corrected chi connectivity index (χ0v) is 22.8. The van der Waals surface area contributed by atoms with Gasteiger partial charge in [0, 0.05) is 49.2 Å². The lowest BCUT2D eigenvalue weighted by molar-refractivity contribution is 0.292. The van der Waals surface area contributed by atoms with Crippen molar-refractivity contribution in [2.45, 2.75) is 76.0 Å². The average molecular weight is 527 g/mol. The molecule has 0 amide bonds. The van der Waals surface area contributed by atoms with Crippen LogP contribution in [0.4, 0.5) is 17.6 Å². The highest BCUT2D eigenvalue weighted by Crippen LogP contribution is 2.39. The quantitative estimate of drug-likeness (QED) is 0.428. The summed E-state index contributed by atoms with van der Waals surface area (Å²) in [7, 11) is 0. The van der Waals surface area contributed by atoms with Gasteiger partial charge in [-0.3, -0.25) is 0 Å². The van der Waals surface area contributed by atoms with Crippen LogP contribution in [-0.2, 0) is 5.41 Å². The Kier molecular flexibility index (Phi) is 8.47. The molecule has 5 rings (SSSR count). The van der Waals surface area contributed by atoms with E-state index in [0.29, 0.717) is 11.1 Å². The van der Waals surface area contributed by atoms with Crippen LogP contribution in [0.5, 0.6) is 0 Å². The van der Waals surface area contributed by atoms with E-state index in [1.165, 1.54) is 63.4 Å². The summed E-state index contributed by atoms with van der Waals surface area (Å²) in [5.74, 6) is 2.63. The van der Waals surface area contributed by atoms with E-state index in [0.717, 1.165) is 62.2 Å². The van der Waals surface area contributed by atoms with Gasteiger partial charge in [-0.1, -0.05) is 55.8 Å². The first-order valence-corrected chi connectivity index (χ1v) is 14.6. The molecule has 0 unspecified atom stereocenters. The van der Waals surface area contributed by atoms with Crippen molar-refractivity contribution in [3.8, 4) is 0 Å². The number of halogens is 1. The first kappa shape index (κ1) is 25.5. The van der Waals surface area contributed by atoms with Gasteiger partial charge in [-0.15, -0.1) is 0 Å². The number of hydrogen-bond acceptors (Lipinski definition) is 5. The monoisotopic (exact) mass is 526 g/mol. The van der Waals surface area contributed by atoms with Gasteiger partial charge in [0.2, 0.25) is 5.95 Å². The maximum Gasteiger partial charge on any atom is 0.232 e. The molecule has 2 aromatic rings. The van der Waals surface area contributed by atoms with Crippen molar-refractivity contribution in [1.82, 2.24) is 15.3 Å². The van der Waals surface area contributed by atoms with Crippen molar-refractivity contribution >= 4 is 46.5 Å². The van der Waals surface area contributed by atoms with Gasteiger partial charge < -0.3 is 20.4 Å². The Morgan fingerprint density at radius 3 is 1.92 bits per heavy atom. The largest absolute Gasteiger partial charge is 0.361 e. The van der Waals surface area contributed by atoms with E-state index in [2.05, 4.69) is 38.6 Å². The Balaban J connectivity index is 1.31. The highest BCUT2D eigenvalue weighted by atomic mass is 35.5. The molecule has 1 saturated carbocycles. The predicted molar refractivity (Wildman–Crippen MR) is 155 cm³/mol. The molecule has 1 aromatic heterocycles. The molecule has 2 aliphatic heterocycles. The Morgan fingerprint density at radius 1 is 0.806 bits per heavy atom. The Labute approximate surface area is 226 Å². The van der Waals surface area contributed by atoms with E-state index >= 15 is 0 Å². The normalized spacial score (nSPS) is 20.1. The number of nitrogens with zero attached hydrogens (tertiary/aromatic N) is 4. The van der Waals surface area contributed by atoms with Gasteiger partial charge in [-0.05, 0) is 68.4 Å². The third-order valence-corrected chi connectivity index (χ3v) is 8.64. The molecule has 0 atom stereocenters. The van der Waals surface area contributed by atoms with E-state index in [4.69, 9.17) is 33.8 Å². The molecule has 6 nitrogen and oxygen atoms in total. The SMILES string of the molecule is S=C(NCC1(c2ccc(Cl)cc2)CCCCC1)Nc1nc(N2CCCCCC2)cc(N2CCCC2)n1. The zero-order valence-electron chi connectivity index (χ0n) is 21.3. The Bertz CT molecular complexity index is 1010. The van der Waals surface area contributed by atoms with Gasteiger partial charge in [0.15, 0.2) is 5.11 Å². The van der Waals surface area contributed by atoms with Crippen LogP contribution in [0.1, 0.15) is 76.2 Å². The fourth-order valence-corrected chi connectivity index (χ4v) is 6.33. The second-order valence-electron chi connectivity index (χ2n) is 10.7. The summed E-state index contributed by atoms with van der Waals surface area (Å²) in [4.78, 5) is 14.6. The molecular weight excluding hydrogens is 488 g/mol. The molecule has 194 valence electrons. The summed E-state index contributed by atoms with van der Waals surface area (Å²) >= 11 is 12.0. The van der Waals surface area contributed by atoms with Crippen molar-refractivity contribution in [2.75, 3.05) is 47.8 Å². The molecule has 0 spiro atoms. The fourth-order valence-electron chi connectivity index (χ4n) is 6.04. The van der Waals surface area contributed by atoms with E-state index < -0.39 is 0 Å². The first-order chi connectivity index (χ1) is 17.6. The third kappa shape index (κ3) is 6.23. The molecule has 2 N–H and O–H groups in total. The van der Waals surface area contributed by atoms with Gasteiger partial charge in [-0.2, -0.15) is 9.97 Å². The number of benzene rings is 1. The topological polar surface area (TPSA) is 56.3 Å². The molecule has 1 aromatic carbocycles. The van der Waals surface area contributed by atoms with Gasteiger partial charge in [-0.25, -0.2) is 0 Å². The summed E-state index contributed by atoms with van der Waals surface area (Å²) in [6.07, 6.45) is 13.6. The minimum absolute atomic E-state index is 0.0735. The summed E-state index contributed by atoms with van der Waals surface area (Å²) in [6.45, 7) is 5.03. The predicted octanol–water partition coefficient (Wildman–Crippen LogP) is 6.30. The van der Waals surface area contributed by atoms with Crippen molar-refractivity contribution < 1.29 is 0 Å². The summed E-state index contributed by atoms with van der Waals surface area (Å²) in [6, 6.07) is 10.6. The van der Waals surface area contributed by atoms with Gasteiger partial charge in [0.1, 0.15) is 11.6 Å². The number of anilines is 3. The average Bonchev–Trinajstić information content (AvgIpc) is 3.31. The van der Waals surface area contributed by atoms with Crippen LogP contribution in [0.25, 0.3) is 0 Å². The molecule has 1 aliphatic carbocycles. The van der Waals surface area contributed by atoms with Crippen molar-refractivity contribution in [3.05, 3.63) is 40.9 Å². The highest BCUT2D eigenvalue weighted by molar-refractivity contribution is 7.80. The van der Waals surface area contributed by atoms with Crippen LogP contribution in [0.3, 0.4) is 0 Å². The van der Waals surface area contributed by atoms with Crippen LogP contribution in [0.2, 0.25) is 5.02 Å². The molecule has 3 fully saturated rings. The number of thiocarbonyl (C=S) groups is 1. The summed E-state index contributed by atoms with van der Waals surface area (Å²) < 4.78 is 0. The second kappa shape index (κ2) is 12.0. The van der Waals surface area contributed by atoms with Crippen LogP contribution >= 0.6 is 23.8 Å². The van der Waals surface area contributed by atoms with Crippen molar-refractivity contribution in [2.24, 2.45) is 0 Å². The second-order valence-corrected chi connectivity index (χ2v) is 11.5. The minimum Gasteiger partial charge on any atom is -0.361 e. The highest BCUT2D eigenvalue weighted by Gasteiger charge is 2.34. The van der Waals surface area contributed by atoms with Gasteiger partial charge in [0.05, 0.1) is 0 Å². The minimum atomic E-state index is 0.0735.